The fourth-order valence-electron chi connectivity index (χ4n) is 5.66. The first-order chi connectivity index (χ1) is 17.8. The van der Waals surface area contributed by atoms with Crippen LogP contribution >= 0.6 is 46.6 Å². The van der Waals surface area contributed by atoms with Crippen molar-refractivity contribution in [3.05, 3.63) is 63.1 Å². The van der Waals surface area contributed by atoms with E-state index >= 15 is 0 Å². The van der Waals surface area contributed by atoms with Crippen molar-refractivity contribution >= 4 is 58.2 Å². The number of carbonyl (C=O) groups excluding carboxylic acids is 1. The maximum Gasteiger partial charge on any atom is 0.234 e. The molecule has 6 nitrogen and oxygen atoms in total. The molecular formula is C26H26Cl3FN4O2S. The molecule has 1 heterocycles. The molecule has 196 valence electrons. The number of carbonyl (C=O) groups is 1. The van der Waals surface area contributed by atoms with E-state index in [0.717, 1.165) is 5.92 Å². The second-order valence-corrected chi connectivity index (χ2v) is 11.8. The Bertz CT molecular complexity index is 1280. The largest absolute Gasteiger partial charge is 0.483 e. The predicted octanol–water partition coefficient (Wildman–Crippen LogP) is 7.68. The highest BCUT2D eigenvalue weighted by Crippen LogP contribution is 2.52. The van der Waals surface area contributed by atoms with Crippen LogP contribution in [-0.4, -0.2) is 26.4 Å². The summed E-state index contributed by atoms with van der Waals surface area (Å²) in [5, 5.41) is 13.0. The van der Waals surface area contributed by atoms with E-state index in [0.29, 0.717) is 33.5 Å². The molecule has 2 aromatic carbocycles. The van der Waals surface area contributed by atoms with Crippen LogP contribution in [0.25, 0.3) is 0 Å². The summed E-state index contributed by atoms with van der Waals surface area (Å²) in [5.74, 6) is 2.08. The summed E-state index contributed by atoms with van der Waals surface area (Å²) >= 11 is 19.7. The standard InChI is InChI=1S/C26H26Cl3FN4O2S/c1-14(18-9-15-6-7-16(18)8-15)34-23(12-36-22-5-3-2-4-21(22)30)32-33-26(34)37-13-24(35)31-25-19(28)10-17(27)11-20(25)29/h2-5,10-11,14-16,18H,6-9,12-13H2,1H3,(H,31,35)/t14-,15+,16+,18+/m0/s1. The van der Waals surface area contributed by atoms with Crippen LogP contribution in [0, 0.1) is 23.6 Å². The number of halogens is 4. The second kappa shape index (κ2) is 11.4. The third-order valence-electron chi connectivity index (χ3n) is 7.35. The second-order valence-electron chi connectivity index (χ2n) is 9.65. The van der Waals surface area contributed by atoms with Gasteiger partial charge in [0, 0.05) is 11.1 Å². The molecule has 3 aromatic rings. The van der Waals surface area contributed by atoms with E-state index in [4.69, 9.17) is 39.5 Å². The Labute approximate surface area is 234 Å². The van der Waals surface area contributed by atoms with Gasteiger partial charge in [-0.15, -0.1) is 10.2 Å². The van der Waals surface area contributed by atoms with Gasteiger partial charge in [0.15, 0.2) is 22.5 Å². The molecule has 2 fully saturated rings. The van der Waals surface area contributed by atoms with Crippen molar-refractivity contribution in [1.29, 1.82) is 0 Å². The highest BCUT2D eigenvalue weighted by molar-refractivity contribution is 7.99. The van der Waals surface area contributed by atoms with Gasteiger partial charge in [-0.3, -0.25) is 9.36 Å². The van der Waals surface area contributed by atoms with Gasteiger partial charge >= 0.3 is 0 Å². The Kier molecular flexibility index (Phi) is 8.19. The molecule has 0 radical (unpaired) electrons. The number of fused-ring (bicyclic) bond motifs is 2. The highest BCUT2D eigenvalue weighted by Gasteiger charge is 2.43. The number of anilines is 1. The first-order valence-corrected chi connectivity index (χ1v) is 14.3. The number of nitrogens with one attached hydrogen (secondary N) is 1. The van der Waals surface area contributed by atoms with Crippen molar-refractivity contribution in [3.8, 4) is 5.75 Å². The van der Waals surface area contributed by atoms with Crippen LogP contribution in [0.15, 0.2) is 41.6 Å². The predicted molar refractivity (Wildman–Crippen MR) is 145 cm³/mol. The average molecular weight is 584 g/mol. The maximum atomic E-state index is 14.1. The topological polar surface area (TPSA) is 69.0 Å². The van der Waals surface area contributed by atoms with Crippen molar-refractivity contribution in [1.82, 2.24) is 14.8 Å². The molecule has 0 saturated heterocycles. The molecule has 2 aliphatic carbocycles. The molecular weight excluding hydrogens is 558 g/mol. The summed E-state index contributed by atoms with van der Waals surface area (Å²) in [5.41, 5.74) is 0.314. The zero-order chi connectivity index (χ0) is 26.1. The molecule has 2 aliphatic rings. The fourth-order valence-corrected chi connectivity index (χ4v) is 7.41. The lowest BCUT2D eigenvalue weighted by atomic mass is 9.84. The van der Waals surface area contributed by atoms with Crippen LogP contribution in [0.4, 0.5) is 10.1 Å². The van der Waals surface area contributed by atoms with Gasteiger partial charge in [-0.2, -0.15) is 0 Å². The summed E-state index contributed by atoms with van der Waals surface area (Å²) in [7, 11) is 0. The van der Waals surface area contributed by atoms with Crippen molar-refractivity contribution in [2.75, 3.05) is 11.1 Å². The molecule has 1 aromatic heterocycles. The van der Waals surface area contributed by atoms with Crippen molar-refractivity contribution in [3.63, 3.8) is 0 Å². The summed E-state index contributed by atoms with van der Waals surface area (Å²) < 4.78 is 22.0. The van der Waals surface area contributed by atoms with Crippen LogP contribution in [0.2, 0.25) is 15.1 Å². The number of ether oxygens (including phenoxy) is 1. The lowest BCUT2D eigenvalue weighted by Gasteiger charge is -2.30. The molecule has 11 heteroatoms. The van der Waals surface area contributed by atoms with Crippen molar-refractivity contribution < 1.29 is 13.9 Å². The van der Waals surface area contributed by atoms with Gasteiger partial charge in [-0.05, 0) is 68.2 Å². The maximum absolute atomic E-state index is 14.1. The van der Waals surface area contributed by atoms with Crippen LogP contribution in [0.1, 0.15) is 44.5 Å². The number of aromatic nitrogens is 3. The van der Waals surface area contributed by atoms with E-state index in [2.05, 4.69) is 27.0 Å². The lowest BCUT2D eigenvalue weighted by molar-refractivity contribution is -0.113. The summed E-state index contributed by atoms with van der Waals surface area (Å²) in [4.78, 5) is 12.8. The van der Waals surface area contributed by atoms with Gasteiger partial charge in [-0.1, -0.05) is 65.1 Å². The molecule has 1 amide bonds. The van der Waals surface area contributed by atoms with Gasteiger partial charge in [0.25, 0.3) is 0 Å². The average Bonchev–Trinajstić information content (AvgIpc) is 3.60. The molecule has 4 atom stereocenters. The number of para-hydroxylation sites is 1. The smallest absolute Gasteiger partial charge is 0.234 e. The number of rotatable bonds is 9. The van der Waals surface area contributed by atoms with E-state index in [9.17, 15) is 9.18 Å². The van der Waals surface area contributed by atoms with Gasteiger partial charge in [0.05, 0.1) is 21.5 Å². The summed E-state index contributed by atoms with van der Waals surface area (Å²) in [6.45, 7) is 2.25. The minimum Gasteiger partial charge on any atom is -0.483 e. The van der Waals surface area contributed by atoms with Crippen LogP contribution in [-0.2, 0) is 11.4 Å². The van der Waals surface area contributed by atoms with E-state index in [1.54, 1.807) is 18.2 Å². The first kappa shape index (κ1) is 26.6. The van der Waals surface area contributed by atoms with Crippen molar-refractivity contribution in [2.24, 2.45) is 17.8 Å². The SMILES string of the molecule is C[C@@H]([C@H]1C[C@@H]2CC[C@@H]1C2)n1c(COc2ccccc2F)nnc1SCC(=O)Nc1c(Cl)cc(Cl)cc1Cl. The molecule has 0 spiro atoms. The molecule has 2 bridgehead atoms. The van der Waals surface area contributed by atoms with E-state index in [-0.39, 0.29) is 40.1 Å². The number of nitrogens with zero attached hydrogens (tertiary/aromatic N) is 3. The van der Waals surface area contributed by atoms with Gasteiger partial charge in [0.2, 0.25) is 5.91 Å². The normalized spacial score (nSPS) is 21.3. The monoisotopic (exact) mass is 582 g/mol. The van der Waals surface area contributed by atoms with Crippen LogP contribution in [0.3, 0.4) is 0 Å². The Hall–Kier alpha value is -2.00. The Balaban J connectivity index is 1.33. The van der Waals surface area contributed by atoms with Crippen LogP contribution in [0.5, 0.6) is 5.75 Å². The Morgan fingerprint density at radius 1 is 1.19 bits per heavy atom. The van der Waals surface area contributed by atoms with E-state index < -0.39 is 5.82 Å². The minimum absolute atomic E-state index is 0.0713. The minimum atomic E-state index is -0.430. The van der Waals surface area contributed by atoms with Crippen LogP contribution < -0.4 is 10.1 Å². The quantitative estimate of drug-likeness (QED) is 0.262. The van der Waals surface area contributed by atoms with Gasteiger partial charge in [0.1, 0.15) is 6.61 Å². The lowest BCUT2D eigenvalue weighted by Crippen LogP contribution is -2.25. The van der Waals surface area contributed by atoms with E-state index in [1.807, 2.05) is 0 Å². The molecule has 2 saturated carbocycles. The number of benzene rings is 2. The van der Waals surface area contributed by atoms with E-state index in [1.165, 1.54) is 55.6 Å². The number of thioether (sulfide) groups is 1. The fraction of sp³-hybridized carbons (Fsp3) is 0.423. The van der Waals surface area contributed by atoms with Crippen molar-refractivity contribution in [2.45, 2.75) is 50.4 Å². The molecule has 0 aliphatic heterocycles. The van der Waals surface area contributed by atoms with Gasteiger partial charge < -0.3 is 10.1 Å². The zero-order valence-corrected chi connectivity index (χ0v) is 23.2. The Morgan fingerprint density at radius 2 is 1.95 bits per heavy atom. The van der Waals surface area contributed by atoms with Gasteiger partial charge in [-0.25, -0.2) is 4.39 Å². The molecule has 0 unspecified atom stereocenters. The third-order valence-corrected chi connectivity index (χ3v) is 9.11. The number of hydrogen-bond acceptors (Lipinski definition) is 5. The molecule has 5 rings (SSSR count). The summed E-state index contributed by atoms with van der Waals surface area (Å²) in [6, 6.07) is 9.45. The highest BCUT2D eigenvalue weighted by atomic mass is 35.5. The zero-order valence-electron chi connectivity index (χ0n) is 20.1. The third kappa shape index (κ3) is 5.87. The summed E-state index contributed by atoms with van der Waals surface area (Å²) in [6.07, 6.45) is 4.99. The first-order valence-electron chi connectivity index (χ1n) is 12.2. The molecule has 1 N–H and O–H groups in total. The number of hydrogen-bond donors (Lipinski definition) is 1. The molecule has 37 heavy (non-hydrogen) atoms. The Morgan fingerprint density at radius 3 is 2.62 bits per heavy atom. The number of amides is 1.